The monoisotopic (exact) mass is 443 g/mol. The molecule has 32 heavy (non-hydrogen) atoms. The second-order valence-electron chi connectivity index (χ2n) is 7.65. The van der Waals surface area contributed by atoms with Crippen LogP contribution in [0, 0.1) is 0 Å². The predicted octanol–water partition coefficient (Wildman–Crippen LogP) is 6.49. The highest BCUT2D eigenvalue weighted by atomic mass is 35.5. The Morgan fingerprint density at radius 1 is 0.875 bits per heavy atom. The molecule has 1 aliphatic heterocycles. The van der Waals surface area contributed by atoms with E-state index in [1.165, 1.54) is 7.11 Å². The normalized spacial score (nSPS) is 16.6. The number of hydrogen-bond acceptors (Lipinski definition) is 4. The second kappa shape index (κ2) is 8.23. The molecule has 4 aromatic carbocycles. The molecule has 1 aliphatic rings. The Morgan fingerprint density at radius 3 is 2.09 bits per heavy atom. The van der Waals surface area contributed by atoms with Crippen molar-refractivity contribution in [1.29, 1.82) is 0 Å². The summed E-state index contributed by atoms with van der Waals surface area (Å²) in [6.07, 6.45) is -0.544. The standard InChI is InChI=1S/C27H22ClNO3/c1-31-24-17-18(16-22(28)25(24)30)26-29-23-15-9-8-14-21(23)27(32-26,19-10-4-2-5-11-19)20-12-6-3-7-13-20/h2-17,26,29-30H,1H3. The van der Waals surface area contributed by atoms with Gasteiger partial charge < -0.3 is 19.9 Å². The molecule has 5 heteroatoms. The summed E-state index contributed by atoms with van der Waals surface area (Å²) in [6.45, 7) is 0. The van der Waals surface area contributed by atoms with Gasteiger partial charge in [0.15, 0.2) is 17.7 Å². The molecule has 0 aliphatic carbocycles. The first-order valence-corrected chi connectivity index (χ1v) is 10.7. The summed E-state index contributed by atoms with van der Waals surface area (Å²) in [5.74, 6) is 0.202. The maximum Gasteiger partial charge on any atom is 0.176 e. The summed E-state index contributed by atoms with van der Waals surface area (Å²) >= 11 is 6.31. The van der Waals surface area contributed by atoms with Crippen LogP contribution in [0.15, 0.2) is 97.1 Å². The van der Waals surface area contributed by atoms with Crippen molar-refractivity contribution in [2.24, 2.45) is 0 Å². The van der Waals surface area contributed by atoms with E-state index >= 15 is 0 Å². The zero-order chi connectivity index (χ0) is 22.1. The van der Waals surface area contributed by atoms with E-state index in [-0.39, 0.29) is 10.8 Å². The van der Waals surface area contributed by atoms with Gasteiger partial charge in [0.2, 0.25) is 0 Å². The first-order valence-electron chi connectivity index (χ1n) is 10.3. The SMILES string of the molecule is COc1cc(C2Nc3ccccc3C(c3ccccc3)(c3ccccc3)O2)cc(Cl)c1O. The molecule has 0 aromatic heterocycles. The number of para-hydroxylation sites is 1. The smallest absolute Gasteiger partial charge is 0.176 e. The molecule has 0 spiro atoms. The van der Waals surface area contributed by atoms with Crippen LogP contribution < -0.4 is 10.1 Å². The lowest BCUT2D eigenvalue weighted by atomic mass is 9.78. The minimum Gasteiger partial charge on any atom is -0.503 e. The molecule has 1 heterocycles. The molecule has 5 rings (SSSR count). The number of ether oxygens (including phenoxy) is 2. The molecule has 0 bridgehead atoms. The summed E-state index contributed by atoms with van der Waals surface area (Å²) < 4.78 is 12.3. The summed E-state index contributed by atoms with van der Waals surface area (Å²) in [6, 6.07) is 32.0. The number of anilines is 1. The number of aromatic hydroxyl groups is 1. The first-order chi connectivity index (χ1) is 15.6. The Labute approximate surface area is 192 Å². The van der Waals surface area contributed by atoms with E-state index in [1.54, 1.807) is 12.1 Å². The summed E-state index contributed by atoms with van der Waals surface area (Å²) in [5, 5.41) is 13.9. The number of nitrogens with one attached hydrogen (secondary N) is 1. The largest absolute Gasteiger partial charge is 0.503 e. The summed E-state index contributed by atoms with van der Waals surface area (Å²) in [5.41, 5.74) is 3.90. The first kappa shape index (κ1) is 20.4. The number of phenolic OH excluding ortho intramolecular Hbond substituents is 1. The van der Waals surface area contributed by atoms with Crippen LogP contribution in [0.2, 0.25) is 5.02 Å². The third-order valence-corrected chi connectivity index (χ3v) is 6.11. The van der Waals surface area contributed by atoms with E-state index in [1.807, 2.05) is 54.6 Å². The maximum absolute atomic E-state index is 10.2. The van der Waals surface area contributed by atoms with Crippen molar-refractivity contribution in [3.8, 4) is 11.5 Å². The Balaban J connectivity index is 1.76. The van der Waals surface area contributed by atoms with Crippen LogP contribution in [0.3, 0.4) is 0 Å². The predicted molar refractivity (Wildman–Crippen MR) is 126 cm³/mol. The molecule has 4 aromatic rings. The highest BCUT2D eigenvalue weighted by Crippen LogP contribution is 2.51. The fourth-order valence-corrected chi connectivity index (χ4v) is 4.56. The average molecular weight is 444 g/mol. The molecule has 0 saturated carbocycles. The van der Waals surface area contributed by atoms with Crippen LogP contribution in [0.25, 0.3) is 0 Å². The minimum atomic E-state index is -0.855. The van der Waals surface area contributed by atoms with Gasteiger partial charge in [-0.3, -0.25) is 0 Å². The molecule has 4 nitrogen and oxygen atoms in total. The molecule has 0 saturated heterocycles. The second-order valence-corrected chi connectivity index (χ2v) is 8.06. The van der Waals surface area contributed by atoms with Gasteiger partial charge in [0.05, 0.1) is 12.1 Å². The topological polar surface area (TPSA) is 50.7 Å². The van der Waals surface area contributed by atoms with Gasteiger partial charge in [0.1, 0.15) is 5.60 Å². The van der Waals surface area contributed by atoms with E-state index < -0.39 is 11.8 Å². The van der Waals surface area contributed by atoms with Gasteiger partial charge in [0, 0.05) is 16.8 Å². The van der Waals surface area contributed by atoms with E-state index in [0.29, 0.717) is 5.75 Å². The highest BCUT2D eigenvalue weighted by molar-refractivity contribution is 6.32. The fourth-order valence-electron chi connectivity index (χ4n) is 4.34. The van der Waals surface area contributed by atoms with Gasteiger partial charge in [0.25, 0.3) is 0 Å². The number of hydrogen-bond donors (Lipinski definition) is 2. The highest BCUT2D eigenvalue weighted by Gasteiger charge is 2.45. The summed E-state index contributed by atoms with van der Waals surface area (Å²) in [4.78, 5) is 0. The van der Waals surface area contributed by atoms with Crippen molar-refractivity contribution in [3.63, 3.8) is 0 Å². The molecule has 0 amide bonds. The summed E-state index contributed by atoms with van der Waals surface area (Å²) in [7, 11) is 1.50. The van der Waals surface area contributed by atoms with Crippen molar-refractivity contribution >= 4 is 17.3 Å². The quantitative estimate of drug-likeness (QED) is 0.378. The molecule has 1 atom stereocenters. The van der Waals surface area contributed by atoms with Crippen molar-refractivity contribution in [2.75, 3.05) is 12.4 Å². The fraction of sp³-hybridized carbons (Fsp3) is 0.111. The van der Waals surface area contributed by atoms with Gasteiger partial charge in [-0.05, 0) is 29.3 Å². The third kappa shape index (κ3) is 3.29. The zero-order valence-corrected chi connectivity index (χ0v) is 18.2. The lowest BCUT2D eigenvalue weighted by Gasteiger charge is -2.44. The minimum absolute atomic E-state index is 0.0912. The van der Waals surface area contributed by atoms with Gasteiger partial charge in [-0.2, -0.15) is 0 Å². The maximum atomic E-state index is 10.2. The van der Waals surface area contributed by atoms with Crippen LogP contribution in [-0.2, 0) is 10.3 Å². The molecule has 0 radical (unpaired) electrons. The van der Waals surface area contributed by atoms with Crippen LogP contribution in [0.5, 0.6) is 11.5 Å². The average Bonchev–Trinajstić information content (AvgIpc) is 2.86. The number of fused-ring (bicyclic) bond motifs is 1. The molecular weight excluding hydrogens is 422 g/mol. The van der Waals surface area contributed by atoms with E-state index in [4.69, 9.17) is 21.1 Å². The molecule has 160 valence electrons. The van der Waals surface area contributed by atoms with Crippen molar-refractivity contribution in [3.05, 3.63) is 124 Å². The van der Waals surface area contributed by atoms with Crippen LogP contribution in [-0.4, -0.2) is 12.2 Å². The van der Waals surface area contributed by atoms with E-state index in [0.717, 1.165) is 27.9 Å². The Kier molecular flexibility index (Phi) is 5.25. The molecule has 2 N–H and O–H groups in total. The third-order valence-electron chi connectivity index (χ3n) is 5.82. The van der Waals surface area contributed by atoms with Gasteiger partial charge >= 0.3 is 0 Å². The van der Waals surface area contributed by atoms with Crippen LogP contribution in [0.1, 0.15) is 28.5 Å². The lowest BCUT2D eigenvalue weighted by Crippen LogP contribution is -2.40. The number of benzene rings is 4. The van der Waals surface area contributed by atoms with Gasteiger partial charge in [-0.15, -0.1) is 0 Å². The van der Waals surface area contributed by atoms with Crippen LogP contribution >= 0.6 is 11.6 Å². The van der Waals surface area contributed by atoms with Crippen molar-refractivity contribution in [2.45, 2.75) is 11.8 Å². The number of rotatable bonds is 4. The molecular formula is C27H22ClNO3. The zero-order valence-electron chi connectivity index (χ0n) is 17.5. The van der Waals surface area contributed by atoms with E-state index in [9.17, 15) is 5.11 Å². The Bertz CT molecular complexity index is 1200. The van der Waals surface area contributed by atoms with Crippen LogP contribution in [0.4, 0.5) is 5.69 Å². The molecule has 1 unspecified atom stereocenters. The van der Waals surface area contributed by atoms with Crippen molar-refractivity contribution in [1.82, 2.24) is 0 Å². The lowest BCUT2D eigenvalue weighted by molar-refractivity contribution is -0.0433. The van der Waals surface area contributed by atoms with E-state index in [2.05, 4.69) is 35.6 Å². The Hall–Kier alpha value is -3.47. The number of halogens is 1. The number of methoxy groups -OCH3 is 1. The number of phenols is 1. The molecule has 0 fully saturated rings. The van der Waals surface area contributed by atoms with Gasteiger partial charge in [-0.25, -0.2) is 0 Å². The Morgan fingerprint density at radius 2 is 1.47 bits per heavy atom. The van der Waals surface area contributed by atoms with Gasteiger partial charge in [-0.1, -0.05) is 90.5 Å². The van der Waals surface area contributed by atoms with Crippen molar-refractivity contribution < 1.29 is 14.6 Å².